The largest absolute Gasteiger partial charge is 0.388 e. The van der Waals surface area contributed by atoms with Crippen molar-refractivity contribution in [2.24, 2.45) is 0 Å². The lowest BCUT2D eigenvalue weighted by Crippen LogP contribution is -2.04. The van der Waals surface area contributed by atoms with Crippen LogP contribution in [0.15, 0.2) is 47.9 Å². The summed E-state index contributed by atoms with van der Waals surface area (Å²) in [6.45, 7) is 3.62. The Balaban J connectivity index is 3.13. The molecule has 0 radical (unpaired) electrons. The van der Waals surface area contributed by atoms with Gasteiger partial charge in [-0.15, -0.1) is 0 Å². The number of rotatable bonds is 4. The van der Waals surface area contributed by atoms with Gasteiger partial charge < -0.3 is 5.32 Å². The van der Waals surface area contributed by atoms with Crippen LogP contribution >= 0.6 is 0 Å². The SMILES string of the molecule is C=C/C=C(\NC)c1ccc(S(C)(=O)=O)cc1. The van der Waals surface area contributed by atoms with Crippen LogP contribution in [0.2, 0.25) is 0 Å². The molecule has 1 rings (SSSR count). The van der Waals surface area contributed by atoms with E-state index in [1.54, 1.807) is 37.4 Å². The molecule has 1 aromatic rings. The number of hydrogen-bond donors (Lipinski definition) is 1. The monoisotopic (exact) mass is 237 g/mol. The van der Waals surface area contributed by atoms with Gasteiger partial charge >= 0.3 is 0 Å². The van der Waals surface area contributed by atoms with Crippen molar-refractivity contribution >= 4 is 15.5 Å². The van der Waals surface area contributed by atoms with Crippen LogP contribution in [0.4, 0.5) is 0 Å². The Morgan fingerprint density at radius 3 is 2.25 bits per heavy atom. The zero-order valence-corrected chi connectivity index (χ0v) is 10.2. The van der Waals surface area contributed by atoms with Crippen LogP contribution in [0, 0.1) is 0 Å². The van der Waals surface area contributed by atoms with Gasteiger partial charge in [0, 0.05) is 19.0 Å². The molecule has 16 heavy (non-hydrogen) atoms. The van der Waals surface area contributed by atoms with Crippen molar-refractivity contribution in [2.75, 3.05) is 13.3 Å². The Morgan fingerprint density at radius 2 is 1.88 bits per heavy atom. The van der Waals surface area contributed by atoms with Crippen LogP contribution in [0.25, 0.3) is 5.70 Å². The van der Waals surface area contributed by atoms with Gasteiger partial charge in [0.2, 0.25) is 0 Å². The van der Waals surface area contributed by atoms with Crippen LogP contribution in [0.1, 0.15) is 5.56 Å². The second-order valence-electron chi connectivity index (χ2n) is 3.36. The summed E-state index contributed by atoms with van der Waals surface area (Å²) >= 11 is 0. The fraction of sp³-hybridized carbons (Fsp3) is 0.167. The number of hydrogen-bond acceptors (Lipinski definition) is 3. The second kappa shape index (κ2) is 4.99. The summed E-state index contributed by atoms with van der Waals surface area (Å²) in [6.07, 6.45) is 4.70. The van der Waals surface area contributed by atoms with Crippen molar-refractivity contribution in [1.82, 2.24) is 5.32 Å². The zero-order valence-electron chi connectivity index (χ0n) is 9.40. The summed E-state index contributed by atoms with van der Waals surface area (Å²) in [5, 5.41) is 3.02. The molecule has 86 valence electrons. The summed E-state index contributed by atoms with van der Waals surface area (Å²) < 4.78 is 22.5. The highest BCUT2D eigenvalue weighted by Crippen LogP contribution is 2.15. The Labute approximate surface area is 96.4 Å². The third-order valence-corrected chi connectivity index (χ3v) is 3.28. The molecule has 0 aliphatic rings. The van der Waals surface area contributed by atoms with Gasteiger partial charge in [-0.25, -0.2) is 8.42 Å². The maximum Gasteiger partial charge on any atom is 0.175 e. The molecule has 4 heteroatoms. The Hall–Kier alpha value is -1.55. The third-order valence-electron chi connectivity index (χ3n) is 2.15. The smallest absolute Gasteiger partial charge is 0.175 e. The molecule has 0 spiro atoms. The van der Waals surface area contributed by atoms with E-state index in [2.05, 4.69) is 11.9 Å². The van der Waals surface area contributed by atoms with Gasteiger partial charge in [0.05, 0.1) is 4.90 Å². The average molecular weight is 237 g/mol. The predicted molar refractivity (Wildman–Crippen MR) is 66.8 cm³/mol. The second-order valence-corrected chi connectivity index (χ2v) is 5.38. The van der Waals surface area contributed by atoms with Gasteiger partial charge in [-0.2, -0.15) is 0 Å². The lowest BCUT2D eigenvalue weighted by atomic mass is 10.1. The van der Waals surface area contributed by atoms with Gasteiger partial charge in [0.1, 0.15) is 0 Å². The Bertz CT molecular complexity index is 498. The minimum absolute atomic E-state index is 0.324. The zero-order chi connectivity index (χ0) is 12.2. The number of nitrogens with one attached hydrogen (secondary N) is 1. The van der Waals surface area contributed by atoms with E-state index in [9.17, 15) is 8.42 Å². The fourth-order valence-electron chi connectivity index (χ4n) is 1.32. The molecule has 0 aliphatic carbocycles. The maximum atomic E-state index is 11.3. The summed E-state index contributed by atoms with van der Waals surface area (Å²) in [5.41, 5.74) is 1.82. The van der Waals surface area contributed by atoms with Crippen LogP contribution in [0.3, 0.4) is 0 Å². The van der Waals surface area contributed by atoms with Crippen molar-refractivity contribution in [2.45, 2.75) is 4.90 Å². The molecule has 0 atom stereocenters. The van der Waals surface area contributed by atoms with Gasteiger partial charge in [0.15, 0.2) is 9.84 Å². The van der Waals surface area contributed by atoms with Crippen LogP contribution < -0.4 is 5.32 Å². The highest BCUT2D eigenvalue weighted by molar-refractivity contribution is 7.90. The topological polar surface area (TPSA) is 46.2 Å². The summed E-state index contributed by atoms with van der Waals surface area (Å²) in [4.78, 5) is 0.324. The molecule has 0 saturated heterocycles. The first-order chi connectivity index (χ1) is 7.49. The first kappa shape index (κ1) is 12.5. The standard InChI is InChI=1S/C12H15NO2S/c1-4-5-12(13-2)10-6-8-11(9-7-10)16(3,14)15/h4-9,13H,1H2,2-3H3/b12-5-. The predicted octanol–water partition coefficient (Wildman–Crippen LogP) is 1.84. The van der Waals surface area contributed by atoms with E-state index < -0.39 is 9.84 Å². The molecular weight excluding hydrogens is 222 g/mol. The number of allylic oxidation sites excluding steroid dienone is 2. The first-order valence-electron chi connectivity index (χ1n) is 4.80. The van der Waals surface area contributed by atoms with Crippen molar-refractivity contribution < 1.29 is 8.42 Å². The highest BCUT2D eigenvalue weighted by atomic mass is 32.2. The van der Waals surface area contributed by atoms with E-state index in [4.69, 9.17) is 0 Å². The van der Waals surface area contributed by atoms with E-state index in [0.717, 1.165) is 11.3 Å². The quantitative estimate of drug-likeness (QED) is 0.813. The molecule has 0 bridgehead atoms. The Kier molecular flexibility index (Phi) is 3.90. The molecule has 0 amide bonds. The van der Waals surface area contributed by atoms with E-state index in [-0.39, 0.29) is 0 Å². The third kappa shape index (κ3) is 2.97. The molecule has 0 fully saturated rings. The average Bonchev–Trinajstić information content (AvgIpc) is 2.25. The van der Waals surface area contributed by atoms with Crippen molar-refractivity contribution in [3.63, 3.8) is 0 Å². The van der Waals surface area contributed by atoms with E-state index in [1.807, 2.05) is 6.08 Å². The lowest BCUT2D eigenvalue weighted by molar-refractivity contribution is 0.602. The first-order valence-corrected chi connectivity index (χ1v) is 6.69. The lowest BCUT2D eigenvalue weighted by Gasteiger charge is -2.06. The van der Waals surface area contributed by atoms with Crippen LogP contribution in [-0.2, 0) is 9.84 Å². The molecule has 0 aromatic heterocycles. The van der Waals surface area contributed by atoms with Crippen LogP contribution in [-0.4, -0.2) is 21.7 Å². The summed E-state index contributed by atoms with van der Waals surface area (Å²) in [5.74, 6) is 0. The van der Waals surface area contributed by atoms with Crippen molar-refractivity contribution in [3.8, 4) is 0 Å². The molecular formula is C12H15NO2S. The summed E-state index contributed by atoms with van der Waals surface area (Å²) in [6, 6.07) is 6.72. The minimum atomic E-state index is -3.12. The van der Waals surface area contributed by atoms with Gasteiger partial charge in [0.25, 0.3) is 0 Å². The molecule has 1 aromatic carbocycles. The molecule has 0 aliphatic heterocycles. The normalized spacial score (nSPS) is 12.2. The van der Waals surface area contributed by atoms with Gasteiger partial charge in [-0.3, -0.25) is 0 Å². The molecule has 0 unspecified atom stereocenters. The fourth-order valence-corrected chi connectivity index (χ4v) is 1.95. The van der Waals surface area contributed by atoms with Gasteiger partial charge in [-0.1, -0.05) is 24.8 Å². The maximum absolute atomic E-state index is 11.3. The van der Waals surface area contributed by atoms with Crippen molar-refractivity contribution in [1.29, 1.82) is 0 Å². The molecule has 0 saturated carbocycles. The molecule has 0 heterocycles. The van der Waals surface area contributed by atoms with Crippen LogP contribution in [0.5, 0.6) is 0 Å². The Morgan fingerprint density at radius 1 is 1.31 bits per heavy atom. The number of benzene rings is 1. The highest BCUT2D eigenvalue weighted by Gasteiger charge is 2.06. The summed E-state index contributed by atoms with van der Waals surface area (Å²) in [7, 11) is -1.32. The van der Waals surface area contributed by atoms with Crippen molar-refractivity contribution in [3.05, 3.63) is 48.6 Å². The van der Waals surface area contributed by atoms with E-state index in [0.29, 0.717) is 4.90 Å². The number of sulfone groups is 1. The minimum Gasteiger partial charge on any atom is -0.388 e. The van der Waals surface area contributed by atoms with E-state index in [1.165, 1.54) is 6.26 Å². The van der Waals surface area contributed by atoms with Gasteiger partial charge in [-0.05, 0) is 23.8 Å². The molecule has 1 N–H and O–H groups in total. The molecule has 3 nitrogen and oxygen atoms in total. The van der Waals surface area contributed by atoms with E-state index >= 15 is 0 Å².